The highest BCUT2D eigenvalue weighted by Gasteiger charge is 2.74. The van der Waals surface area contributed by atoms with E-state index in [1.165, 1.54) is 0 Å². The predicted octanol–water partition coefficient (Wildman–Crippen LogP) is 2.53. The number of hydrogen-bond acceptors (Lipinski definition) is 3. The van der Waals surface area contributed by atoms with Crippen LogP contribution in [0.2, 0.25) is 0 Å². The number of Topliss-reactive ketones (excluding diaryl/α,β-unsaturated/α-hetero) is 1. The van der Waals surface area contributed by atoms with Crippen molar-refractivity contribution in [2.75, 3.05) is 0 Å². The Balaban J connectivity index is 1.64. The lowest BCUT2D eigenvalue weighted by molar-refractivity contribution is -0.159. The van der Waals surface area contributed by atoms with E-state index in [2.05, 4.69) is 18.8 Å². The summed E-state index contributed by atoms with van der Waals surface area (Å²) in [6, 6.07) is 5.80. The molecule has 1 aliphatic heterocycles. The van der Waals surface area contributed by atoms with E-state index in [0.717, 1.165) is 18.5 Å². The van der Waals surface area contributed by atoms with Crippen molar-refractivity contribution in [3.8, 4) is 0 Å². The smallest absolute Gasteiger partial charge is 0.171 e. The Morgan fingerprint density at radius 2 is 2.22 bits per heavy atom. The Kier molecular flexibility index (Phi) is 1.79. The van der Waals surface area contributed by atoms with E-state index in [-0.39, 0.29) is 17.4 Å². The number of carbonyl (C=O) groups excluding carboxylic acids is 1. The molecule has 0 radical (unpaired) electrons. The molecule has 2 heterocycles. The van der Waals surface area contributed by atoms with Crippen LogP contribution in [0.1, 0.15) is 38.5 Å². The summed E-state index contributed by atoms with van der Waals surface area (Å²) in [6.07, 6.45) is 3.62. The largest absolute Gasteiger partial charge is 0.351 e. The van der Waals surface area contributed by atoms with Crippen LogP contribution < -0.4 is 0 Å². The molecule has 1 aromatic heterocycles. The molecule has 1 saturated heterocycles. The predicted molar refractivity (Wildman–Crippen MR) is 65.8 cm³/mol. The zero-order valence-electron chi connectivity index (χ0n) is 10.7. The molecule has 3 aliphatic carbocycles. The van der Waals surface area contributed by atoms with Gasteiger partial charge in [0, 0.05) is 12.1 Å². The van der Waals surface area contributed by atoms with Crippen LogP contribution in [0.25, 0.3) is 0 Å². The quantitative estimate of drug-likeness (QED) is 0.712. The van der Waals surface area contributed by atoms with Gasteiger partial charge in [-0.15, -0.1) is 0 Å². The molecule has 0 unspecified atom stereocenters. The van der Waals surface area contributed by atoms with E-state index >= 15 is 0 Å². The van der Waals surface area contributed by atoms with E-state index in [1.54, 1.807) is 6.20 Å². The van der Waals surface area contributed by atoms with Gasteiger partial charge in [-0.25, -0.2) is 0 Å². The van der Waals surface area contributed by atoms with Gasteiger partial charge in [0.05, 0.1) is 5.69 Å². The summed E-state index contributed by atoms with van der Waals surface area (Å²) in [5, 5.41) is 0. The van der Waals surface area contributed by atoms with Gasteiger partial charge in [-0.05, 0) is 36.3 Å². The molecule has 4 fully saturated rings. The van der Waals surface area contributed by atoms with Crippen molar-refractivity contribution < 1.29 is 9.53 Å². The Morgan fingerprint density at radius 1 is 1.39 bits per heavy atom. The van der Waals surface area contributed by atoms with Crippen LogP contribution in [0, 0.1) is 17.3 Å². The van der Waals surface area contributed by atoms with E-state index < -0.39 is 5.60 Å². The maximum atomic E-state index is 12.6. The Hall–Kier alpha value is -1.22. The molecule has 3 heteroatoms. The van der Waals surface area contributed by atoms with Gasteiger partial charge in [0.1, 0.15) is 6.10 Å². The number of carbonyl (C=O) groups is 1. The number of nitrogens with zero attached hydrogens (tertiary/aromatic N) is 1. The van der Waals surface area contributed by atoms with Gasteiger partial charge in [0.25, 0.3) is 0 Å². The first-order chi connectivity index (χ1) is 8.56. The average Bonchev–Trinajstić information content (AvgIpc) is 3.08. The summed E-state index contributed by atoms with van der Waals surface area (Å²) >= 11 is 0. The summed E-state index contributed by atoms with van der Waals surface area (Å²) in [4.78, 5) is 16.9. The first-order valence-electron chi connectivity index (χ1n) is 6.69. The van der Waals surface area contributed by atoms with Gasteiger partial charge in [-0.2, -0.15) is 0 Å². The summed E-state index contributed by atoms with van der Waals surface area (Å²) < 4.78 is 5.83. The Bertz CT molecular complexity index is 525. The van der Waals surface area contributed by atoms with Crippen LogP contribution >= 0.6 is 0 Å². The number of aromatic nitrogens is 1. The van der Waals surface area contributed by atoms with Gasteiger partial charge >= 0.3 is 0 Å². The second kappa shape index (κ2) is 3.02. The van der Waals surface area contributed by atoms with Crippen molar-refractivity contribution in [3.05, 3.63) is 30.1 Å². The first-order valence-corrected chi connectivity index (χ1v) is 6.69. The maximum Gasteiger partial charge on any atom is 0.171 e. The molecule has 5 rings (SSSR count). The minimum Gasteiger partial charge on any atom is -0.351 e. The lowest BCUT2D eigenvalue weighted by Crippen LogP contribution is -2.59. The normalized spacial score (nSPS) is 43.7. The molecule has 1 spiro atoms. The van der Waals surface area contributed by atoms with Crippen LogP contribution in [-0.4, -0.2) is 16.4 Å². The Labute approximate surface area is 107 Å². The molecule has 3 saturated carbocycles. The molecule has 4 aliphatic rings. The molecular formula is C15H17NO2. The second-order valence-electron chi connectivity index (χ2n) is 6.52. The third-order valence-electron chi connectivity index (χ3n) is 5.40. The van der Waals surface area contributed by atoms with Crippen molar-refractivity contribution in [2.45, 2.75) is 38.4 Å². The molecular weight excluding hydrogens is 226 g/mol. The van der Waals surface area contributed by atoms with Crippen molar-refractivity contribution in [3.63, 3.8) is 0 Å². The molecule has 0 aromatic carbocycles. The topological polar surface area (TPSA) is 42.5 Å². The van der Waals surface area contributed by atoms with E-state index in [1.807, 2.05) is 18.2 Å². The number of pyridine rings is 1. The van der Waals surface area contributed by atoms with Gasteiger partial charge < -0.3 is 4.74 Å². The second-order valence-corrected chi connectivity index (χ2v) is 6.52. The standard InChI is InChI=1S/C15H17NO2/c1-14(2)9-7-10(14)12(17)15(8-9)13(18-15)11-5-3-4-6-16-11/h3-6,9-10,13H,7-8H2,1-2H3/t9-,10+,13+,15+/m1/s1. The monoisotopic (exact) mass is 243 g/mol. The molecule has 2 bridgehead atoms. The number of epoxide rings is 1. The van der Waals surface area contributed by atoms with Crippen molar-refractivity contribution in [2.24, 2.45) is 17.3 Å². The third kappa shape index (κ3) is 1.09. The lowest BCUT2D eigenvalue weighted by Gasteiger charge is -2.57. The fourth-order valence-corrected chi connectivity index (χ4v) is 3.92. The fraction of sp³-hybridized carbons (Fsp3) is 0.600. The van der Waals surface area contributed by atoms with E-state index in [0.29, 0.717) is 11.7 Å². The van der Waals surface area contributed by atoms with E-state index in [4.69, 9.17) is 4.74 Å². The third-order valence-corrected chi connectivity index (χ3v) is 5.40. The van der Waals surface area contributed by atoms with Crippen LogP contribution in [0.4, 0.5) is 0 Å². The highest BCUT2D eigenvalue weighted by Crippen LogP contribution is 2.68. The summed E-state index contributed by atoms with van der Waals surface area (Å²) in [5.74, 6) is 1.16. The maximum absolute atomic E-state index is 12.6. The minimum atomic E-state index is -0.516. The SMILES string of the molecule is CC1(C)[C@@H]2C[C@H]1C(=O)[C@]1(C2)O[C@H]1c1ccccn1. The number of rotatable bonds is 1. The molecule has 0 N–H and O–H groups in total. The van der Waals surface area contributed by atoms with Crippen LogP contribution in [-0.2, 0) is 9.53 Å². The van der Waals surface area contributed by atoms with Gasteiger partial charge in [0.15, 0.2) is 11.4 Å². The number of hydrogen-bond donors (Lipinski definition) is 0. The summed E-state index contributed by atoms with van der Waals surface area (Å²) in [6.45, 7) is 4.43. The first kappa shape index (κ1) is 10.7. The lowest BCUT2D eigenvalue weighted by atomic mass is 9.45. The zero-order chi connectivity index (χ0) is 12.5. The summed E-state index contributed by atoms with van der Waals surface area (Å²) in [7, 11) is 0. The van der Waals surface area contributed by atoms with Crippen LogP contribution in [0.5, 0.6) is 0 Å². The average molecular weight is 243 g/mol. The van der Waals surface area contributed by atoms with Crippen LogP contribution in [0.15, 0.2) is 24.4 Å². The van der Waals surface area contributed by atoms with Crippen molar-refractivity contribution in [1.82, 2.24) is 4.98 Å². The fourth-order valence-electron chi connectivity index (χ4n) is 3.92. The van der Waals surface area contributed by atoms with Crippen molar-refractivity contribution in [1.29, 1.82) is 0 Å². The highest BCUT2D eigenvalue weighted by atomic mass is 16.6. The van der Waals surface area contributed by atoms with Crippen molar-refractivity contribution >= 4 is 5.78 Å². The van der Waals surface area contributed by atoms with Gasteiger partial charge in [-0.3, -0.25) is 9.78 Å². The molecule has 1 aromatic rings. The molecule has 18 heavy (non-hydrogen) atoms. The molecule has 3 nitrogen and oxygen atoms in total. The number of ketones is 1. The Morgan fingerprint density at radius 3 is 2.83 bits per heavy atom. The molecule has 94 valence electrons. The van der Waals surface area contributed by atoms with Crippen LogP contribution in [0.3, 0.4) is 0 Å². The summed E-state index contributed by atoms with van der Waals surface area (Å²) in [5.41, 5.74) is 0.574. The highest BCUT2D eigenvalue weighted by molar-refractivity contribution is 5.95. The van der Waals surface area contributed by atoms with Gasteiger partial charge in [-0.1, -0.05) is 19.9 Å². The molecule has 4 atom stereocenters. The zero-order valence-corrected chi connectivity index (χ0v) is 10.7. The minimum absolute atomic E-state index is 0.0902. The van der Waals surface area contributed by atoms with Gasteiger partial charge in [0.2, 0.25) is 0 Å². The molecule has 0 amide bonds. The number of ether oxygens (including phenoxy) is 1. The van der Waals surface area contributed by atoms with E-state index in [9.17, 15) is 4.79 Å².